The lowest BCUT2D eigenvalue weighted by Gasteiger charge is -2.23. The molecule has 250 valence electrons. The van der Waals surface area contributed by atoms with Crippen LogP contribution in [0.25, 0.3) is 0 Å². The second kappa shape index (κ2) is 20.8. The van der Waals surface area contributed by atoms with Crippen LogP contribution in [0.2, 0.25) is 0 Å². The van der Waals surface area contributed by atoms with Crippen molar-refractivity contribution < 1.29 is 38.2 Å². The molecule has 0 spiro atoms. The van der Waals surface area contributed by atoms with Gasteiger partial charge in [0.05, 0.1) is 13.0 Å². The first-order valence-corrected chi connectivity index (χ1v) is 15.5. The lowest BCUT2D eigenvalue weighted by Crippen LogP contribution is -2.48. The fourth-order valence-corrected chi connectivity index (χ4v) is 4.02. The Balaban J connectivity index is 4.47. The van der Waals surface area contributed by atoms with Crippen LogP contribution in [0.4, 0.5) is 9.59 Å². The van der Waals surface area contributed by atoms with Crippen LogP contribution in [0, 0.1) is 11.8 Å². The highest BCUT2D eigenvalue weighted by Crippen LogP contribution is 2.12. The Bertz CT molecular complexity index is 867. The molecule has 0 aliphatic heterocycles. The Kier molecular flexibility index (Phi) is 19.3. The molecule has 0 unspecified atom stereocenters. The van der Waals surface area contributed by atoms with Crippen LogP contribution in [0.3, 0.4) is 0 Å². The molecule has 4 N–H and O–H groups in total. The molecule has 0 saturated carbocycles. The van der Waals surface area contributed by atoms with Crippen molar-refractivity contribution in [1.82, 2.24) is 21.3 Å². The van der Waals surface area contributed by atoms with Gasteiger partial charge in [-0.05, 0) is 86.5 Å². The second-order valence-electron chi connectivity index (χ2n) is 13.0. The lowest BCUT2D eigenvalue weighted by atomic mass is 10.0. The lowest BCUT2D eigenvalue weighted by molar-refractivity contribution is -0.145. The normalized spacial score (nSPS) is 13.6. The van der Waals surface area contributed by atoms with Crippen LogP contribution in [0.1, 0.15) is 113 Å². The summed E-state index contributed by atoms with van der Waals surface area (Å²) in [7, 11) is 1.37. The summed E-state index contributed by atoms with van der Waals surface area (Å²) in [4.78, 5) is 60.9. The molecule has 12 heteroatoms. The number of methoxy groups -OCH3 is 1. The van der Waals surface area contributed by atoms with Gasteiger partial charge in [-0.3, -0.25) is 14.4 Å². The van der Waals surface area contributed by atoms with E-state index in [0.717, 1.165) is 19.3 Å². The Morgan fingerprint density at radius 2 is 1.02 bits per heavy atom. The fraction of sp³-hybridized carbons (Fsp3) is 0.839. The van der Waals surface area contributed by atoms with E-state index in [-0.39, 0.29) is 29.6 Å². The molecule has 4 amide bonds. The van der Waals surface area contributed by atoms with E-state index in [9.17, 15) is 24.0 Å². The average Bonchev–Trinajstić information content (AvgIpc) is 2.88. The van der Waals surface area contributed by atoms with Crippen LogP contribution >= 0.6 is 0 Å². The van der Waals surface area contributed by atoms with Crippen LogP contribution in [-0.2, 0) is 28.6 Å². The maximum Gasteiger partial charge on any atom is 0.408 e. The number of amides is 4. The second-order valence-corrected chi connectivity index (χ2v) is 13.0. The molecule has 43 heavy (non-hydrogen) atoms. The third-order valence-corrected chi connectivity index (χ3v) is 6.37. The van der Waals surface area contributed by atoms with Gasteiger partial charge in [-0.1, -0.05) is 26.7 Å². The zero-order valence-electron chi connectivity index (χ0n) is 28.0. The van der Waals surface area contributed by atoms with Gasteiger partial charge >= 0.3 is 18.2 Å². The summed E-state index contributed by atoms with van der Waals surface area (Å²) >= 11 is 0. The van der Waals surface area contributed by atoms with E-state index >= 15 is 0 Å². The highest BCUT2D eigenvalue weighted by molar-refractivity contribution is 5.85. The number of hydrogen-bond donors (Lipinski definition) is 4. The molecule has 0 aromatic rings. The van der Waals surface area contributed by atoms with E-state index in [1.165, 1.54) is 7.11 Å². The maximum atomic E-state index is 12.8. The monoisotopic (exact) mass is 614 g/mol. The number of esters is 1. The van der Waals surface area contributed by atoms with E-state index in [0.29, 0.717) is 58.2 Å². The number of carbonyl (C=O) groups is 5. The van der Waals surface area contributed by atoms with Gasteiger partial charge in [0.25, 0.3) is 0 Å². The standard InChI is InChI=1S/C31H58N4O8/c1-22(16-10-14-21-34-28(39)42-30(3,4)5)25(36)32-19-15-12-18-24(35-29(40)43-31(6,7)8)26(37)33-20-13-11-17-23(2)27(38)41-9/h22-24H,10-21H2,1-9H3,(H,32,36)(H,33,37)(H,34,39)(H,35,40)/t22-,23-,24-/m0/s1. The van der Waals surface area contributed by atoms with Crippen LogP contribution < -0.4 is 21.3 Å². The van der Waals surface area contributed by atoms with Gasteiger partial charge < -0.3 is 35.5 Å². The maximum absolute atomic E-state index is 12.8. The van der Waals surface area contributed by atoms with Gasteiger partial charge in [-0.2, -0.15) is 0 Å². The molecule has 0 saturated heterocycles. The summed E-state index contributed by atoms with van der Waals surface area (Å²) in [5.41, 5.74) is -1.23. The van der Waals surface area contributed by atoms with Crippen LogP contribution in [0.15, 0.2) is 0 Å². The van der Waals surface area contributed by atoms with Crippen molar-refractivity contribution in [3.63, 3.8) is 0 Å². The number of unbranched alkanes of at least 4 members (excludes halogenated alkanes) is 3. The molecule has 0 aliphatic carbocycles. The molecule has 0 aliphatic rings. The van der Waals surface area contributed by atoms with Gasteiger partial charge in [0, 0.05) is 25.6 Å². The zero-order chi connectivity index (χ0) is 33.1. The molecule has 0 heterocycles. The first-order chi connectivity index (χ1) is 19.9. The Morgan fingerprint density at radius 1 is 0.581 bits per heavy atom. The number of nitrogens with one attached hydrogen (secondary N) is 4. The van der Waals surface area contributed by atoms with Gasteiger partial charge in [-0.25, -0.2) is 9.59 Å². The minimum atomic E-state index is -0.771. The number of alkyl carbamates (subject to hydrolysis) is 2. The minimum absolute atomic E-state index is 0.0391. The molecular formula is C31H58N4O8. The summed E-state index contributed by atoms with van der Waals surface area (Å²) < 4.78 is 15.3. The molecule has 0 fully saturated rings. The molecule has 0 bridgehead atoms. The topological polar surface area (TPSA) is 161 Å². The van der Waals surface area contributed by atoms with Crippen molar-refractivity contribution in [2.24, 2.45) is 11.8 Å². The molecular weight excluding hydrogens is 556 g/mol. The van der Waals surface area contributed by atoms with Crippen molar-refractivity contribution in [3.8, 4) is 0 Å². The van der Waals surface area contributed by atoms with Crippen molar-refractivity contribution in [2.75, 3.05) is 26.7 Å². The minimum Gasteiger partial charge on any atom is -0.469 e. The number of ether oxygens (including phenoxy) is 3. The van der Waals surface area contributed by atoms with Gasteiger partial charge in [0.2, 0.25) is 11.8 Å². The van der Waals surface area contributed by atoms with Crippen molar-refractivity contribution in [1.29, 1.82) is 0 Å². The van der Waals surface area contributed by atoms with E-state index in [1.807, 2.05) is 34.6 Å². The van der Waals surface area contributed by atoms with Gasteiger partial charge in [-0.15, -0.1) is 0 Å². The third kappa shape index (κ3) is 22.2. The molecule has 0 rings (SSSR count). The SMILES string of the molecule is COC(=O)[C@@H](C)CCCCNC(=O)[C@H](CCCCNC(=O)[C@@H](C)CCCCNC(=O)OC(C)(C)C)NC(=O)OC(C)(C)C. The van der Waals surface area contributed by atoms with Gasteiger partial charge in [0.1, 0.15) is 17.2 Å². The summed E-state index contributed by atoms with van der Waals surface area (Å²) in [5, 5.41) is 11.2. The summed E-state index contributed by atoms with van der Waals surface area (Å²) in [5.74, 6) is -0.946. The predicted molar refractivity (Wildman–Crippen MR) is 165 cm³/mol. The van der Waals surface area contributed by atoms with E-state index in [4.69, 9.17) is 14.2 Å². The molecule has 0 radical (unpaired) electrons. The summed E-state index contributed by atoms with van der Waals surface area (Å²) in [6, 6.07) is -0.771. The third-order valence-electron chi connectivity index (χ3n) is 6.37. The average molecular weight is 615 g/mol. The smallest absolute Gasteiger partial charge is 0.408 e. The Hall–Kier alpha value is -3.05. The van der Waals surface area contributed by atoms with Crippen molar-refractivity contribution in [3.05, 3.63) is 0 Å². The fourth-order valence-electron chi connectivity index (χ4n) is 4.02. The molecule has 0 aromatic heterocycles. The predicted octanol–water partition coefficient (Wildman–Crippen LogP) is 4.59. The number of carbonyl (C=O) groups excluding carboxylic acids is 5. The molecule has 12 nitrogen and oxygen atoms in total. The largest absolute Gasteiger partial charge is 0.469 e. The Labute approximate surface area is 258 Å². The van der Waals surface area contributed by atoms with E-state index < -0.39 is 29.4 Å². The highest BCUT2D eigenvalue weighted by atomic mass is 16.6. The first kappa shape index (κ1) is 40.0. The van der Waals surface area contributed by atoms with Gasteiger partial charge in [0.15, 0.2) is 0 Å². The van der Waals surface area contributed by atoms with E-state index in [2.05, 4.69) is 21.3 Å². The Morgan fingerprint density at radius 3 is 1.53 bits per heavy atom. The molecule has 0 aromatic carbocycles. The van der Waals surface area contributed by atoms with Crippen LogP contribution in [-0.4, -0.2) is 74.0 Å². The van der Waals surface area contributed by atoms with Crippen molar-refractivity contribution >= 4 is 30.0 Å². The summed E-state index contributed by atoms with van der Waals surface area (Å²) in [6.07, 6.45) is 4.88. The number of hydrogen-bond acceptors (Lipinski definition) is 8. The zero-order valence-corrected chi connectivity index (χ0v) is 28.0. The number of rotatable bonds is 19. The van der Waals surface area contributed by atoms with Crippen LogP contribution in [0.5, 0.6) is 0 Å². The summed E-state index contributed by atoms with van der Waals surface area (Å²) in [6.45, 7) is 15.7. The first-order valence-electron chi connectivity index (χ1n) is 15.5. The molecule has 3 atom stereocenters. The van der Waals surface area contributed by atoms with Crippen molar-refractivity contribution in [2.45, 2.75) is 130 Å². The van der Waals surface area contributed by atoms with E-state index in [1.54, 1.807) is 20.8 Å². The quantitative estimate of drug-likeness (QED) is 0.0933. The highest BCUT2D eigenvalue weighted by Gasteiger charge is 2.24.